The molecule has 0 spiro atoms. The van der Waals surface area contributed by atoms with Gasteiger partial charge in [-0.1, -0.05) is 72.3 Å². The Balaban J connectivity index is 2.02. The number of carbonyl (C=O) groups excluding carboxylic acids is 1. The van der Waals surface area contributed by atoms with Crippen LogP contribution in [0.15, 0.2) is 72.8 Å². The molecule has 0 atom stereocenters. The summed E-state index contributed by atoms with van der Waals surface area (Å²) in [4.78, 5) is 13.1. The van der Waals surface area contributed by atoms with Crippen molar-refractivity contribution in [3.8, 4) is 0 Å². The molecular weight excluding hydrogens is 342 g/mol. The van der Waals surface area contributed by atoms with Gasteiger partial charge in [0.15, 0.2) is 0 Å². The van der Waals surface area contributed by atoms with Crippen molar-refractivity contribution in [2.45, 2.75) is 13.8 Å². The van der Waals surface area contributed by atoms with E-state index < -0.39 is 0 Å². The molecule has 0 radical (unpaired) electrons. The first kappa shape index (κ1) is 18.0. The van der Waals surface area contributed by atoms with E-state index in [4.69, 9.17) is 11.6 Å². The number of hydrogen-bond donors (Lipinski definition) is 1. The highest BCUT2D eigenvalue weighted by atomic mass is 35.5. The quantitative estimate of drug-likeness (QED) is 0.439. The summed E-state index contributed by atoms with van der Waals surface area (Å²) < 4.78 is 0. The standard InChI is InChI=1S/C23H20ClNO/c1-16-9-8-14-22(17(16)2)25-23(26)20(18-10-4-3-5-11-18)15-19-12-6-7-13-21(19)24/h3-15H,1-2H3,(H,25,26)/b20-15+. The molecule has 3 rings (SSSR count). The van der Waals surface area contributed by atoms with E-state index in [2.05, 4.69) is 5.32 Å². The fourth-order valence-corrected chi connectivity index (χ4v) is 2.91. The van der Waals surface area contributed by atoms with Gasteiger partial charge in [-0.25, -0.2) is 0 Å². The van der Waals surface area contributed by atoms with E-state index in [1.807, 2.05) is 92.7 Å². The summed E-state index contributed by atoms with van der Waals surface area (Å²) in [5, 5.41) is 3.65. The van der Waals surface area contributed by atoms with Crippen LogP contribution in [0.25, 0.3) is 11.6 Å². The highest BCUT2D eigenvalue weighted by molar-refractivity contribution is 6.34. The van der Waals surface area contributed by atoms with Gasteiger partial charge in [0.25, 0.3) is 5.91 Å². The van der Waals surface area contributed by atoms with E-state index in [0.29, 0.717) is 10.6 Å². The maximum Gasteiger partial charge on any atom is 0.256 e. The molecule has 0 fully saturated rings. The first-order chi connectivity index (χ1) is 12.6. The summed E-state index contributed by atoms with van der Waals surface area (Å²) >= 11 is 6.29. The largest absolute Gasteiger partial charge is 0.322 e. The van der Waals surface area contributed by atoms with Crippen LogP contribution in [0.1, 0.15) is 22.3 Å². The molecule has 0 aliphatic carbocycles. The lowest BCUT2D eigenvalue weighted by Gasteiger charge is -2.13. The number of nitrogens with one attached hydrogen (secondary N) is 1. The van der Waals surface area contributed by atoms with Crippen LogP contribution in [0, 0.1) is 13.8 Å². The SMILES string of the molecule is Cc1cccc(NC(=O)/C(=C/c2ccccc2Cl)c2ccccc2)c1C. The molecule has 0 aliphatic heterocycles. The van der Waals surface area contributed by atoms with Crippen LogP contribution in [0.2, 0.25) is 5.02 Å². The van der Waals surface area contributed by atoms with Gasteiger partial charge in [-0.2, -0.15) is 0 Å². The average molecular weight is 362 g/mol. The molecule has 130 valence electrons. The molecule has 0 heterocycles. The number of benzene rings is 3. The molecule has 0 saturated heterocycles. The van der Waals surface area contributed by atoms with Crippen molar-refractivity contribution in [1.82, 2.24) is 0 Å². The summed E-state index contributed by atoms with van der Waals surface area (Å²) in [6.45, 7) is 4.04. The second-order valence-electron chi connectivity index (χ2n) is 6.15. The number of carbonyl (C=O) groups is 1. The normalized spacial score (nSPS) is 11.3. The number of halogens is 1. The highest BCUT2D eigenvalue weighted by Gasteiger charge is 2.14. The van der Waals surface area contributed by atoms with Crippen molar-refractivity contribution in [3.63, 3.8) is 0 Å². The zero-order chi connectivity index (χ0) is 18.5. The minimum atomic E-state index is -0.162. The molecule has 0 aliphatic rings. The summed E-state index contributed by atoms with van der Waals surface area (Å²) in [5.41, 5.74) is 5.24. The maximum atomic E-state index is 13.1. The van der Waals surface area contributed by atoms with Crippen LogP contribution in [0.4, 0.5) is 5.69 Å². The molecule has 1 N–H and O–H groups in total. The van der Waals surface area contributed by atoms with Crippen molar-refractivity contribution in [3.05, 3.63) is 100 Å². The van der Waals surface area contributed by atoms with Crippen LogP contribution in [-0.2, 0) is 4.79 Å². The molecule has 0 saturated carbocycles. The van der Waals surface area contributed by atoms with Crippen molar-refractivity contribution >= 4 is 34.8 Å². The maximum absolute atomic E-state index is 13.1. The summed E-state index contributed by atoms with van der Waals surface area (Å²) in [6, 6.07) is 23.0. The number of aryl methyl sites for hydroxylation is 1. The zero-order valence-electron chi connectivity index (χ0n) is 14.8. The summed E-state index contributed by atoms with van der Waals surface area (Å²) in [7, 11) is 0. The van der Waals surface area contributed by atoms with Gasteiger partial charge in [-0.3, -0.25) is 4.79 Å². The van der Waals surface area contributed by atoms with E-state index in [9.17, 15) is 4.79 Å². The van der Waals surface area contributed by atoms with Crippen molar-refractivity contribution < 1.29 is 4.79 Å². The third-order valence-electron chi connectivity index (χ3n) is 4.39. The van der Waals surface area contributed by atoms with Crippen molar-refractivity contribution in [1.29, 1.82) is 0 Å². The lowest BCUT2D eigenvalue weighted by molar-refractivity contribution is -0.111. The van der Waals surface area contributed by atoms with Gasteiger partial charge in [-0.15, -0.1) is 0 Å². The van der Waals surface area contributed by atoms with E-state index in [-0.39, 0.29) is 5.91 Å². The Morgan fingerprint density at radius 3 is 2.31 bits per heavy atom. The Morgan fingerprint density at radius 1 is 0.885 bits per heavy atom. The topological polar surface area (TPSA) is 29.1 Å². The van der Waals surface area contributed by atoms with Crippen LogP contribution in [0.5, 0.6) is 0 Å². The van der Waals surface area contributed by atoms with E-state index in [0.717, 1.165) is 27.9 Å². The second kappa shape index (κ2) is 8.03. The van der Waals surface area contributed by atoms with Crippen molar-refractivity contribution in [2.75, 3.05) is 5.32 Å². The van der Waals surface area contributed by atoms with E-state index in [1.165, 1.54) is 0 Å². The van der Waals surface area contributed by atoms with Gasteiger partial charge in [0.1, 0.15) is 0 Å². The smallest absolute Gasteiger partial charge is 0.256 e. The summed E-state index contributed by atoms with van der Waals surface area (Å²) in [5.74, 6) is -0.162. The minimum absolute atomic E-state index is 0.162. The van der Waals surface area contributed by atoms with Gasteiger partial charge < -0.3 is 5.32 Å². The van der Waals surface area contributed by atoms with Gasteiger partial charge in [0, 0.05) is 16.3 Å². The van der Waals surface area contributed by atoms with E-state index >= 15 is 0 Å². The zero-order valence-corrected chi connectivity index (χ0v) is 15.5. The molecule has 1 amide bonds. The van der Waals surface area contributed by atoms with Gasteiger partial charge >= 0.3 is 0 Å². The summed E-state index contributed by atoms with van der Waals surface area (Å²) in [6.07, 6.45) is 1.83. The number of anilines is 1. The third-order valence-corrected chi connectivity index (χ3v) is 4.73. The predicted molar refractivity (Wildman–Crippen MR) is 110 cm³/mol. The molecule has 0 aromatic heterocycles. The van der Waals surface area contributed by atoms with Crippen LogP contribution in [-0.4, -0.2) is 5.91 Å². The molecular formula is C23H20ClNO. The van der Waals surface area contributed by atoms with Crippen LogP contribution < -0.4 is 5.32 Å². The first-order valence-electron chi connectivity index (χ1n) is 8.45. The lowest BCUT2D eigenvalue weighted by Crippen LogP contribution is -2.14. The number of hydrogen-bond acceptors (Lipinski definition) is 1. The second-order valence-corrected chi connectivity index (χ2v) is 6.55. The Kier molecular flexibility index (Phi) is 5.55. The number of rotatable bonds is 4. The fourth-order valence-electron chi connectivity index (χ4n) is 2.72. The monoisotopic (exact) mass is 361 g/mol. The Morgan fingerprint density at radius 2 is 1.58 bits per heavy atom. The Labute approximate surface area is 159 Å². The van der Waals surface area contributed by atoms with Gasteiger partial charge in [0.05, 0.1) is 0 Å². The number of amides is 1. The fraction of sp³-hybridized carbons (Fsp3) is 0.0870. The lowest BCUT2D eigenvalue weighted by atomic mass is 10.0. The molecule has 0 bridgehead atoms. The van der Waals surface area contributed by atoms with Gasteiger partial charge in [0.2, 0.25) is 0 Å². The first-order valence-corrected chi connectivity index (χ1v) is 8.83. The predicted octanol–water partition coefficient (Wildman–Crippen LogP) is 6.14. The molecule has 0 unspecified atom stereocenters. The molecule has 2 nitrogen and oxygen atoms in total. The molecule has 3 aromatic rings. The molecule has 26 heavy (non-hydrogen) atoms. The Bertz CT molecular complexity index is 961. The van der Waals surface area contributed by atoms with E-state index in [1.54, 1.807) is 0 Å². The van der Waals surface area contributed by atoms with Crippen LogP contribution >= 0.6 is 11.6 Å². The van der Waals surface area contributed by atoms with Gasteiger partial charge in [-0.05, 0) is 54.3 Å². The van der Waals surface area contributed by atoms with Crippen molar-refractivity contribution in [2.24, 2.45) is 0 Å². The highest BCUT2D eigenvalue weighted by Crippen LogP contribution is 2.25. The average Bonchev–Trinajstić information content (AvgIpc) is 2.65. The minimum Gasteiger partial charge on any atom is -0.322 e. The van der Waals surface area contributed by atoms with Crippen LogP contribution in [0.3, 0.4) is 0 Å². The molecule has 3 heteroatoms. The third kappa shape index (κ3) is 4.04. The Hall–Kier alpha value is -2.84. The molecule has 3 aromatic carbocycles.